The smallest absolute Gasteiger partial charge is 0.124 e. The van der Waals surface area contributed by atoms with Gasteiger partial charge in [-0.15, -0.1) is 0 Å². The monoisotopic (exact) mass is 370 g/mol. The van der Waals surface area contributed by atoms with Crippen molar-refractivity contribution in [2.75, 3.05) is 0 Å². The zero-order valence-electron chi connectivity index (χ0n) is 10.1. The molecule has 1 aliphatic rings. The number of hydrogen-bond donors (Lipinski definition) is 1. The third kappa shape index (κ3) is 2.52. The Bertz CT molecular complexity index is 628. The van der Waals surface area contributed by atoms with Gasteiger partial charge in [-0.25, -0.2) is 4.39 Å². The second-order valence-corrected chi connectivity index (χ2v) is 5.75. The number of aliphatic hydroxyl groups is 1. The Morgan fingerprint density at radius 1 is 1.11 bits per heavy atom. The molecular formula is C15H12FIO2. The van der Waals surface area contributed by atoms with E-state index in [2.05, 4.69) is 0 Å². The minimum Gasteiger partial charge on any atom is -0.384 e. The summed E-state index contributed by atoms with van der Waals surface area (Å²) in [5.74, 6) is -0.289. The summed E-state index contributed by atoms with van der Waals surface area (Å²) in [7, 11) is 0. The molecule has 98 valence electrons. The Kier molecular flexibility index (Phi) is 3.56. The van der Waals surface area contributed by atoms with Crippen LogP contribution in [0.1, 0.15) is 28.4 Å². The lowest BCUT2D eigenvalue weighted by atomic mass is 9.98. The molecule has 1 heterocycles. The molecule has 0 spiro atoms. The van der Waals surface area contributed by atoms with Crippen molar-refractivity contribution in [3.05, 3.63) is 68.0 Å². The van der Waals surface area contributed by atoms with E-state index in [1.165, 1.54) is 17.7 Å². The minimum atomic E-state index is -0.738. The van der Waals surface area contributed by atoms with Crippen molar-refractivity contribution in [3.63, 3.8) is 0 Å². The van der Waals surface area contributed by atoms with Crippen LogP contribution in [0.5, 0.6) is 0 Å². The Balaban J connectivity index is 1.97. The third-order valence-corrected chi connectivity index (χ3v) is 4.25. The first-order valence-electron chi connectivity index (χ1n) is 5.97. The molecule has 0 bridgehead atoms. The van der Waals surface area contributed by atoms with Crippen LogP contribution in [-0.4, -0.2) is 5.11 Å². The normalized spacial score (nSPS) is 15.3. The van der Waals surface area contributed by atoms with Gasteiger partial charge in [-0.05, 0) is 57.0 Å². The summed E-state index contributed by atoms with van der Waals surface area (Å²) in [6, 6.07) is 10.3. The van der Waals surface area contributed by atoms with Gasteiger partial charge in [0.1, 0.15) is 11.9 Å². The molecule has 0 aromatic heterocycles. The van der Waals surface area contributed by atoms with Gasteiger partial charge in [0.15, 0.2) is 0 Å². The highest BCUT2D eigenvalue weighted by Crippen LogP contribution is 2.30. The Morgan fingerprint density at radius 2 is 1.89 bits per heavy atom. The van der Waals surface area contributed by atoms with Gasteiger partial charge in [0, 0.05) is 3.57 Å². The van der Waals surface area contributed by atoms with Gasteiger partial charge in [-0.3, -0.25) is 0 Å². The summed E-state index contributed by atoms with van der Waals surface area (Å²) in [5.41, 5.74) is 3.83. The number of rotatable bonds is 2. The van der Waals surface area contributed by atoms with Gasteiger partial charge in [-0.1, -0.05) is 24.3 Å². The van der Waals surface area contributed by atoms with E-state index in [4.69, 9.17) is 4.74 Å². The van der Waals surface area contributed by atoms with E-state index in [-0.39, 0.29) is 5.82 Å². The van der Waals surface area contributed by atoms with E-state index in [1.54, 1.807) is 6.07 Å². The summed E-state index contributed by atoms with van der Waals surface area (Å²) < 4.78 is 19.2. The second kappa shape index (κ2) is 5.19. The average molecular weight is 370 g/mol. The molecule has 1 unspecified atom stereocenters. The van der Waals surface area contributed by atoms with E-state index >= 15 is 0 Å². The molecule has 0 amide bonds. The third-order valence-electron chi connectivity index (χ3n) is 3.32. The van der Waals surface area contributed by atoms with Crippen molar-refractivity contribution in [2.24, 2.45) is 0 Å². The Morgan fingerprint density at radius 3 is 2.68 bits per heavy atom. The van der Waals surface area contributed by atoms with Crippen molar-refractivity contribution in [2.45, 2.75) is 19.3 Å². The lowest BCUT2D eigenvalue weighted by molar-refractivity contribution is 0.134. The minimum absolute atomic E-state index is 0.289. The molecule has 4 heteroatoms. The first-order chi connectivity index (χ1) is 9.15. The Hall–Kier alpha value is -0.980. The van der Waals surface area contributed by atoms with Crippen LogP contribution in [0, 0.1) is 9.39 Å². The van der Waals surface area contributed by atoms with Crippen molar-refractivity contribution >= 4 is 22.6 Å². The maximum Gasteiger partial charge on any atom is 0.124 e. The topological polar surface area (TPSA) is 29.5 Å². The molecular weight excluding hydrogens is 358 g/mol. The maximum absolute atomic E-state index is 13.1. The summed E-state index contributed by atoms with van der Waals surface area (Å²) in [6.07, 6.45) is -0.738. The van der Waals surface area contributed by atoms with Crippen LogP contribution < -0.4 is 0 Å². The fourth-order valence-corrected chi connectivity index (χ4v) is 3.04. The molecule has 2 aromatic carbocycles. The highest BCUT2D eigenvalue weighted by molar-refractivity contribution is 14.1. The molecule has 3 rings (SSSR count). The van der Waals surface area contributed by atoms with E-state index in [0.29, 0.717) is 13.2 Å². The largest absolute Gasteiger partial charge is 0.384 e. The first-order valence-corrected chi connectivity index (χ1v) is 7.05. The van der Waals surface area contributed by atoms with Crippen molar-refractivity contribution in [3.8, 4) is 0 Å². The molecule has 19 heavy (non-hydrogen) atoms. The summed E-state index contributed by atoms with van der Waals surface area (Å²) in [6.45, 7) is 1.23. The quantitative estimate of drug-likeness (QED) is 0.820. The summed E-state index contributed by atoms with van der Waals surface area (Å²) in [4.78, 5) is 0. The number of hydrogen-bond acceptors (Lipinski definition) is 2. The molecule has 0 radical (unpaired) electrons. The Labute approximate surface area is 124 Å². The molecule has 2 aromatic rings. The predicted molar refractivity (Wildman–Crippen MR) is 78.1 cm³/mol. The summed E-state index contributed by atoms with van der Waals surface area (Å²) in [5, 5.41) is 10.4. The second-order valence-electron chi connectivity index (χ2n) is 4.59. The van der Waals surface area contributed by atoms with Crippen LogP contribution in [0.15, 0.2) is 36.4 Å². The molecule has 0 fully saturated rings. The number of benzene rings is 2. The van der Waals surface area contributed by atoms with Gasteiger partial charge in [0.05, 0.1) is 13.2 Å². The molecule has 2 nitrogen and oxygen atoms in total. The van der Waals surface area contributed by atoms with E-state index in [0.717, 1.165) is 20.3 Å². The van der Waals surface area contributed by atoms with E-state index in [1.807, 2.05) is 40.8 Å². The zero-order chi connectivity index (χ0) is 13.4. The maximum atomic E-state index is 13.1. The van der Waals surface area contributed by atoms with Crippen molar-refractivity contribution in [1.82, 2.24) is 0 Å². The predicted octanol–water partition coefficient (Wildman–Crippen LogP) is 3.54. The van der Waals surface area contributed by atoms with Gasteiger partial charge in [0.2, 0.25) is 0 Å². The van der Waals surface area contributed by atoms with E-state index in [9.17, 15) is 9.50 Å². The van der Waals surface area contributed by atoms with Gasteiger partial charge < -0.3 is 9.84 Å². The van der Waals surface area contributed by atoms with Gasteiger partial charge >= 0.3 is 0 Å². The van der Waals surface area contributed by atoms with Gasteiger partial charge in [0.25, 0.3) is 0 Å². The molecule has 0 saturated heterocycles. The summed E-state index contributed by atoms with van der Waals surface area (Å²) >= 11 is 2.04. The van der Waals surface area contributed by atoms with E-state index < -0.39 is 6.10 Å². The van der Waals surface area contributed by atoms with Crippen LogP contribution in [0.3, 0.4) is 0 Å². The van der Waals surface area contributed by atoms with Crippen LogP contribution in [0.2, 0.25) is 0 Å². The molecule has 1 N–H and O–H groups in total. The lowest BCUT2D eigenvalue weighted by Gasteiger charge is -2.14. The number of halogens is 2. The van der Waals surface area contributed by atoms with Crippen LogP contribution in [-0.2, 0) is 18.0 Å². The molecule has 0 aliphatic carbocycles. The number of aliphatic hydroxyl groups excluding tert-OH is 1. The van der Waals surface area contributed by atoms with Crippen molar-refractivity contribution in [1.29, 1.82) is 0 Å². The number of fused-ring (bicyclic) bond motifs is 1. The van der Waals surface area contributed by atoms with Gasteiger partial charge in [-0.2, -0.15) is 0 Å². The highest BCUT2D eigenvalue weighted by atomic mass is 127. The van der Waals surface area contributed by atoms with Crippen LogP contribution in [0.25, 0.3) is 0 Å². The lowest BCUT2D eigenvalue weighted by Crippen LogP contribution is -2.03. The SMILES string of the molecule is OC(c1ccc2c(c1)COC2)c1ccc(F)cc1I. The highest BCUT2D eigenvalue weighted by Gasteiger charge is 2.17. The molecule has 1 atom stereocenters. The van der Waals surface area contributed by atoms with Crippen LogP contribution >= 0.6 is 22.6 Å². The van der Waals surface area contributed by atoms with Crippen molar-refractivity contribution < 1.29 is 14.2 Å². The molecule has 0 saturated carbocycles. The first kappa shape index (κ1) is 13.0. The molecule has 1 aliphatic heterocycles. The average Bonchev–Trinajstić information content (AvgIpc) is 2.85. The van der Waals surface area contributed by atoms with Crippen LogP contribution in [0.4, 0.5) is 4.39 Å². The fourth-order valence-electron chi connectivity index (χ4n) is 2.26. The number of ether oxygens (including phenoxy) is 1. The fraction of sp³-hybridized carbons (Fsp3) is 0.200. The standard InChI is InChI=1S/C15H12FIO2/c16-12-3-4-13(14(17)6-12)15(18)9-1-2-10-7-19-8-11(10)5-9/h1-6,15,18H,7-8H2. The zero-order valence-corrected chi connectivity index (χ0v) is 12.2.